The predicted molar refractivity (Wildman–Crippen MR) is 162 cm³/mol. The number of hydrogen-bond donors (Lipinski definition) is 3. The molecule has 1 amide bonds. The van der Waals surface area contributed by atoms with Gasteiger partial charge in [0.25, 0.3) is 5.91 Å². The van der Waals surface area contributed by atoms with Crippen LogP contribution < -0.4 is 5.32 Å². The van der Waals surface area contributed by atoms with E-state index in [0.29, 0.717) is 6.54 Å². The van der Waals surface area contributed by atoms with E-state index in [4.69, 9.17) is 4.74 Å². The number of unbranched alkanes of at least 4 members (excludes halogenated alkanes) is 16. The lowest BCUT2D eigenvalue weighted by Crippen LogP contribution is -2.31. The zero-order valence-corrected chi connectivity index (χ0v) is 25.4. The molecule has 2 heterocycles. The maximum Gasteiger partial charge on any atom is 0.289 e. The van der Waals surface area contributed by atoms with Crippen LogP contribution in [0.2, 0.25) is 0 Å². The van der Waals surface area contributed by atoms with E-state index in [1.807, 2.05) is 0 Å². The fraction of sp³-hybridized carbons (Fsp3) is 0.848. The molecule has 1 aromatic heterocycles. The smallest absolute Gasteiger partial charge is 0.289 e. The topological polar surface area (TPSA) is 105 Å². The van der Waals surface area contributed by atoms with Gasteiger partial charge in [0.2, 0.25) is 5.82 Å². The summed E-state index contributed by atoms with van der Waals surface area (Å²) >= 11 is 0. The maximum absolute atomic E-state index is 11.9. The van der Waals surface area contributed by atoms with Gasteiger partial charge in [0, 0.05) is 18.9 Å². The van der Waals surface area contributed by atoms with E-state index in [1.165, 1.54) is 83.5 Å². The summed E-state index contributed by atoms with van der Waals surface area (Å²) in [5.74, 6) is 0.0194. The number of aliphatic hydroxyl groups is 2. The molecular weight excluding hydrogens is 502 g/mol. The molecule has 4 atom stereocenters. The lowest BCUT2D eigenvalue weighted by molar-refractivity contribution is -0.0786. The van der Waals surface area contributed by atoms with E-state index in [1.54, 1.807) is 18.5 Å². The summed E-state index contributed by atoms with van der Waals surface area (Å²) in [4.78, 5) is 19.8. The van der Waals surface area contributed by atoms with Crippen molar-refractivity contribution in [3.63, 3.8) is 0 Å². The minimum Gasteiger partial charge on any atom is -0.390 e. The highest BCUT2D eigenvalue weighted by atomic mass is 16.5. The number of amides is 1. The van der Waals surface area contributed by atoms with Crippen molar-refractivity contribution in [3.8, 4) is 0 Å². The average Bonchev–Trinajstić information content (AvgIpc) is 3.48. The number of nitrogens with one attached hydrogen (secondary N) is 1. The first-order valence-electron chi connectivity index (χ1n) is 16.7. The molecule has 0 saturated carbocycles. The monoisotopic (exact) mass is 561 g/mol. The van der Waals surface area contributed by atoms with Crippen molar-refractivity contribution in [2.24, 2.45) is 0 Å². The Morgan fingerprint density at radius 1 is 0.750 bits per heavy atom. The lowest BCUT2D eigenvalue weighted by Gasteiger charge is -2.22. The second kappa shape index (κ2) is 23.0. The first kappa shape index (κ1) is 34.6. The van der Waals surface area contributed by atoms with E-state index in [2.05, 4.69) is 22.2 Å². The minimum absolute atomic E-state index is 0.0989. The van der Waals surface area contributed by atoms with Crippen molar-refractivity contribution in [1.29, 1.82) is 0 Å². The molecule has 0 radical (unpaired) electrons. The van der Waals surface area contributed by atoms with E-state index in [0.717, 1.165) is 57.8 Å². The molecule has 1 aliphatic rings. The summed E-state index contributed by atoms with van der Waals surface area (Å²) in [5.41, 5.74) is 0. The number of nitrogens with zero attached hydrogens (tertiary/aromatic N) is 2. The van der Waals surface area contributed by atoms with Gasteiger partial charge in [-0.1, -0.05) is 116 Å². The van der Waals surface area contributed by atoms with Crippen molar-refractivity contribution in [2.75, 3.05) is 6.54 Å². The zero-order valence-electron chi connectivity index (χ0n) is 25.4. The summed E-state index contributed by atoms with van der Waals surface area (Å²) in [6, 6.07) is 1.70. The summed E-state index contributed by atoms with van der Waals surface area (Å²) in [5, 5.41) is 24.1. The number of rotatable bonds is 25. The number of ether oxygens (including phenoxy) is 1. The highest BCUT2D eigenvalue weighted by Crippen LogP contribution is 2.28. The standard InChI is InChI=1S/C33H59N3O4/c1-2-3-4-5-6-7-8-11-14-17-21-28(37)30-23-24-31(40-30)29(38)22-18-15-12-9-10-13-16-19-25-36-33(39)32-34-26-20-27-35-32/h20,26-31,37-38H,2-19,21-25H2,1H3,(H,36,39)/t28-,29-,30-,31-/m1/s1. The molecule has 1 aromatic rings. The van der Waals surface area contributed by atoms with Gasteiger partial charge < -0.3 is 20.3 Å². The lowest BCUT2D eigenvalue weighted by atomic mass is 10.00. The molecule has 7 heteroatoms. The van der Waals surface area contributed by atoms with E-state index in [-0.39, 0.29) is 30.0 Å². The number of aliphatic hydroxyl groups excluding tert-OH is 2. The molecule has 1 saturated heterocycles. The second-order valence-electron chi connectivity index (χ2n) is 11.8. The molecule has 7 nitrogen and oxygen atoms in total. The van der Waals surface area contributed by atoms with Gasteiger partial charge in [-0.05, 0) is 38.2 Å². The van der Waals surface area contributed by atoms with E-state index in [9.17, 15) is 15.0 Å². The molecule has 1 fully saturated rings. The normalized spacial score (nSPS) is 18.6. The fourth-order valence-corrected chi connectivity index (χ4v) is 5.70. The Balaban J connectivity index is 1.36. The van der Waals surface area contributed by atoms with Crippen LogP contribution in [0.3, 0.4) is 0 Å². The molecule has 3 N–H and O–H groups in total. The largest absolute Gasteiger partial charge is 0.390 e. The van der Waals surface area contributed by atoms with Crippen LogP contribution in [0.1, 0.15) is 159 Å². The Morgan fingerprint density at radius 2 is 1.18 bits per heavy atom. The van der Waals surface area contributed by atoms with Crippen LogP contribution in [-0.4, -0.2) is 57.0 Å². The van der Waals surface area contributed by atoms with Gasteiger partial charge in [0.15, 0.2) is 0 Å². The number of hydrogen-bond acceptors (Lipinski definition) is 6. The average molecular weight is 562 g/mol. The van der Waals surface area contributed by atoms with Gasteiger partial charge in [-0.3, -0.25) is 4.79 Å². The van der Waals surface area contributed by atoms with Crippen LogP contribution in [0.15, 0.2) is 18.5 Å². The highest BCUT2D eigenvalue weighted by molar-refractivity contribution is 5.90. The third-order valence-electron chi connectivity index (χ3n) is 8.28. The third-order valence-corrected chi connectivity index (χ3v) is 8.28. The second-order valence-corrected chi connectivity index (χ2v) is 11.8. The van der Waals surface area contributed by atoms with Gasteiger partial charge in [-0.2, -0.15) is 0 Å². The Hall–Kier alpha value is -1.57. The van der Waals surface area contributed by atoms with Gasteiger partial charge in [0.1, 0.15) is 0 Å². The Bertz CT molecular complexity index is 736. The SMILES string of the molecule is CCCCCCCCCCCC[C@@H](O)[C@H]1CC[C@H]([C@H](O)CCCCCCCCCCNC(=O)c2ncccn2)O1. The summed E-state index contributed by atoms with van der Waals surface area (Å²) in [6.07, 6.45) is 27.6. The minimum atomic E-state index is -0.411. The highest BCUT2D eigenvalue weighted by Gasteiger charge is 2.33. The van der Waals surface area contributed by atoms with Crippen LogP contribution in [0.25, 0.3) is 0 Å². The fourth-order valence-electron chi connectivity index (χ4n) is 5.70. The van der Waals surface area contributed by atoms with Gasteiger partial charge in [-0.25, -0.2) is 9.97 Å². The first-order valence-corrected chi connectivity index (χ1v) is 16.7. The molecule has 0 aromatic carbocycles. The number of carbonyl (C=O) groups excluding carboxylic acids is 1. The molecule has 1 aliphatic heterocycles. The summed E-state index contributed by atoms with van der Waals surface area (Å²) in [6.45, 7) is 2.92. The quantitative estimate of drug-likeness (QED) is 0.108. The molecular formula is C33H59N3O4. The number of aromatic nitrogens is 2. The van der Waals surface area contributed by atoms with Crippen molar-refractivity contribution in [2.45, 2.75) is 173 Å². The third kappa shape index (κ3) is 16.0. The summed E-state index contributed by atoms with van der Waals surface area (Å²) in [7, 11) is 0. The molecule has 0 spiro atoms. The molecule has 230 valence electrons. The van der Waals surface area contributed by atoms with E-state index < -0.39 is 6.10 Å². The van der Waals surface area contributed by atoms with Crippen LogP contribution in [0.5, 0.6) is 0 Å². The molecule has 0 bridgehead atoms. The molecule has 0 aliphatic carbocycles. The van der Waals surface area contributed by atoms with Gasteiger partial charge in [-0.15, -0.1) is 0 Å². The Labute approximate surface area is 244 Å². The molecule has 0 unspecified atom stereocenters. The summed E-state index contributed by atoms with van der Waals surface area (Å²) < 4.78 is 6.08. The van der Waals surface area contributed by atoms with Crippen molar-refractivity contribution >= 4 is 5.91 Å². The Morgan fingerprint density at radius 3 is 1.65 bits per heavy atom. The molecule has 40 heavy (non-hydrogen) atoms. The van der Waals surface area contributed by atoms with Crippen LogP contribution in [-0.2, 0) is 4.74 Å². The first-order chi connectivity index (χ1) is 19.6. The van der Waals surface area contributed by atoms with Gasteiger partial charge >= 0.3 is 0 Å². The number of carbonyl (C=O) groups is 1. The maximum atomic E-state index is 11.9. The van der Waals surface area contributed by atoms with Crippen molar-refractivity contribution < 1.29 is 19.7 Å². The van der Waals surface area contributed by atoms with Crippen LogP contribution in [0.4, 0.5) is 0 Å². The van der Waals surface area contributed by atoms with E-state index >= 15 is 0 Å². The predicted octanol–water partition coefficient (Wildman–Crippen LogP) is 7.30. The van der Waals surface area contributed by atoms with Crippen LogP contribution >= 0.6 is 0 Å². The van der Waals surface area contributed by atoms with Gasteiger partial charge in [0.05, 0.1) is 24.4 Å². The molecule has 2 rings (SSSR count). The van der Waals surface area contributed by atoms with Crippen molar-refractivity contribution in [1.82, 2.24) is 15.3 Å². The van der Waals surface area contributed by atoms with Crippen LogP contribution in [0, 0.1) is 0 Å². The van der Waals surface area contributed by atoms with Crippen molar-refractivity contribution in [3.05, 3.63) is 24.3 Å². The zero-order chi connectivity index (χ0) is 28.7. The Kier molecular flexibility index (Phi) is 19.9.